The molecule has 1 amide bonds. The Morgan fingerprint density at radius 2 is 1.95 bits per heavy atom. The average Bonchev–Trinajstić information content (AvgIpc) is 3.34. The molecule has 1 saturated carbocycles. The summed E-state index contributed by atoms with van der Waals surface area (Å²) < 4.78 is 39.1. The lowest BCUT2D eigenvalue weighted by Crippen LogP contribution is -2.56. The number of aromatic nitrogens is 3. The summed E-state index contributed by atoms with van der Waals surface area (Å²) in [5, 5.41) is 12.9. The lowest BCUT2D eigenvalue weighted by molar-refractivity contribution is -0.119. The third kappa shape index (κ3) is 5.36. The summed E-state index contributed by atoms with van der Waals surface area (Å²) in [6.07, 6.45) is 1.17. The third-order valence-electron chi connectivity index (χ3n) is 7.69. The Hall–Kier alpha value is -4.99. The van der Waals surface area contributed by atoms with Gasteiger partial charge in [0.1, 0.15) is 23.5 Å². The molecule has 1 fully saturated rings. The molecule has 0 radical (unpaired) electrons. The molecule has 43 heavy (non-hydrogen) atoms. The molecule has 2 aromatic carbocycles. The van der Waals surface area contributed by atoms with Crippen LogP contribution in [0.15, 0.2) is 51.8 Å². The van der Waals surface area contributed by atoms with Crippen LogP contribution in [0.5, 0.6) is 5.75 Å². The molecule has 4 aromatic rings. The first-order valence-corrected chi connectivity index (χ1v) is 14.0. The van der Waals surface area contributed by atoms with E-state index in [0.29, 0.717) is 39.7 Å². The lowest BCUT2D eigenvalue weighted by atomic mass is 9.89. The van der Waals surface area contributed by atoms with E-state index in [0.717, 1.165) is 0 Å². The number of carbonyl (C=O) groups is 1. The summed E-state index contributed by atoms with van der Waals surface area (Å²) in [6.45, 7) is 5.43. The topological polar surface area (TPSA) is 140 Å². The van der Waals surface area contributed by atoms with E-state index in [1.54, 1.807) is 43.3 Å². The van der Waals surface area contributed by atoms with Gasteiger partial charge in [0.05, 0.1) is 29.1 Å². The van der Waals surface area contributed by atoms with Crippen LogP contribution >= 0.6 is 0 Å². The summed E-state index contributed by atoms with van der Waals surface area (Å²) in [5.41, 5.74) is 2.48. The van der Waals surface area contributed by atoms with Crippen LogP contribution in [0.4, 0.5) is 37.6 Å². The Morgan fingerprint density at radius 3 is 2.67 bits per heavy atom. The quantitative estimate of drug-likeness (QED) is 0.287. The molecule has 3 heterocycles. The fourth-order valence-corrected chi connectivity index (χ4v) is 5.69. The van der Waals surface area contributed by atoms with Crippen molar-refractivity contribution in [1.82, 2.24) is 15.0 Å². The number of anilines is 5. The van der Waals surface area contributed by atoms with Crippen molar-refractivity contribution in [3.05, 3.63) is 58.7 Å². The minimum absolute atomic E-state index is 0.153. The standard InChI is InChI=1S/C30H29F2N7O4/c1-16(2)42-24-7-5-21(12-18(24)14-33)39-23-15-34-28(35-19-4-6-22-25(13-19)43-29(41)36-22)37-26(23)38(17(3)27(39)40)20-8-10-30(31,32)11-9-20/h4-7,12-13,15-17,20H,8-11H2,1-3H3,(H,36,41)(H,34,35,37)/t17-/m1/s1. The molecule has 0 bridgehead atoms. The fourth-order valence-electron chi connectivity index (χ4n) is 5.69. The Bertz CT molecular complexity index is 1800. The smallest absolute Gasteiger partial charge is 0.417 e. The first-order chi connectivity index (χ1) is 20.5. The number of fused-ring (bicyclic) bond motifs is 2. The van der Waals surface area contributed by atoms with Crippen LogP contribution in [-0.2, 0) is 4.79 Å². The molecule has 6 rings (SSSR count). The summed E-state index contributed by atoms with van der Waals surface area (Å²) in [5.74, 6) is -2.63. The highest BCUT2D eigenvalue weighted by atomic mass is 19.3. The monoisotopic (exact) mass is 589 g/mol. The van der Waals surface area contributed by atoms with Crippen LogP contribution in [-0.4, -0.2) is 45.0 Å². The van der Waals surface area contributed by atoms with Crippen LogP contribution in [0.1, 0.15) is 52.0 Å². The maximum Gasteiger partial charge on any atom is 0.417 e. The van der Waals surface area contributed by atoms with Gasteiger partial charge in [0.15, 0.2) is 11.4 Å². The molecule has 0 unspecified atom stereocenters. The van der Waals surface area contributed by atoms with Gasteiger partial charge in [-0.1, -0.05) is 0 Å². The molecule has 1 atom stereocenters. The second-order valence-electron chi connectivity index (χ2n) is 11.1. The first kappa shape index (κ1) is 28.1. The number of aromatic amines is 1. The van der Waals surface area contributed by atoms with Crippen LogP contribution < -0.4 is 25.6 Å². The van der Waals surface area contributed by atoms with Crippen LogP contribution in [0.3, 0.4) is 0 Å². The molecule has 0 spiro atoms. The Labute approximate surface area is 245 Å². The number of nitrogens with one attached hydrogen (secondary N) is 2. The van der Waals surface area contributed by atoms with Gasteiger partial charge in [-0.25, -0.2) is 18.6 Å². The number of nitriles is 1. The van der Waals surface area contributed by atoms with E-state index in [2.05, 4.69) is 21.4 Å². The number of hydrogen-bond acceptors (Lipinski definition) is 9. The number of oxazole rings is 1. The summed E-state index contributed by atoms with van der Waals surface area (Å²) >= 11 is 0. The molecule has 11 nitrogen and oxygen atoms in total. The summed E-state index contributed by atoms with van der Waals surface area (Å²) in [6, 6.07) is 11.0. The van der Waals surface area contributed by atoms with Gasteiger partial charge in [-0.15, -0.1) is 0 Å². The van der Waals surface area contributed by atoms with E-state index < -0.39 is 17.7 Å². The van der Waals surface area contributed by atoms with E-state index in [1.165, 1.54) is 11.1 Å². The Morgan fingerprint density at radius 1 is 1.19 bits per heavy atom. The van der Waals surface area contributed by atoms with Gasteiger partial charge in [0.25, 0.3) is 5.91 Å². The number of H-pyrrole nitrogens is 1. The number of hydrogen-bond donors (Lipinski definition) is 2. The largest absolute Gasteiger partial charge is 0.490 e. The van der Waals surface area contributed by atoms with Gasteiger partial charge in [0.2, 0.25) is 11.9 Å². The highest BCUT2D eigenvalue weighted by molar-refractivity contribution is 6.10. The van der Waals surface area contributed by atoms with Crippen molar-refractivity contribution >= 4 is 45.8 Å². The van der Waals surface area contributed by atoms with Crippen molar-refractivity contribution in [2.45, 2.75) is 70.6 Å². The second-order valence-corrected chi connectivity index (χ2v) is 11.1. The maximum absolute atomic E-state index is 14.1. The highest BCUT2D eigenvalue weighted by Crippen LogP contribution is 2.45. The Kier molecular flexibility index (Phi) is 7.00. The predicted octanol–water partition coefficient (Wildman–Crippen LogP) is 5.76. The van der Waals surface area contributed by atoms with Gasteiger partial charge >= 0.3 is 5.76 Å². The minimum Gasteiger partial charge on any atom is -0.490 e. The van der Waals surface area contributed by atoms with Crippen molar-refractivity contribution in [3.63, 3.8) is 0 Å². The Balaban J connectivity index is 1.42. The van der Waals surface area contributed by atoms with E-state index in [-0.39, 0.29) is 55.2 Å². The normalized spacial score (nSPS) is 18.5. The van der Waals surface area contributed by atoms with E-state index in [9.17, 15) is 23.6 Å². The number of halogens is 2. The van der Waals surface area contributed by atoms with E-state index >= 15 is 0 Å². The van der Waals surface area contributed by atoms with Crippen LogP contribution in [0.25, 0.3) is 11.1 Å². The number of carbonyl (C=O) groups excluding carboxylic acids is 1. The zero-order valence-corrected chi connectivity index (χ0v) is 23.7. The fraction of sp³-hybridized carbons (Fsp3) is 0.367. The molecule has 222 valence electrons. The molecule has 2 aromatic heterocycles. The molecule has 0 saturated heterocycles. The molecular weight excluding hydrogens is 560 g/mol. The molecule has 2 N–H and O–H groups in total. The van der Waals surface area contributed by atoms with Crippen molar-refractivity contribution in [2.75, 3.05) is 15.1 Å². The molecule has 2 aliphatic rings. The van der Waals surface area contributed by atoms with Crippen molar-refractivity contribution in [3.8, 4) is 11.8 Å². The predicted molar refractivity (Wildman–Crippen MR) is 155 cm³/mol. The first-order valence-electron chi connectivity index (χ1n) is 14.0. The summed E-state index contributed by atoms with van der Waals surface area (Å²) in [7, 11) is 0. The van der Waals surface area contributed by atoms with Crippen LogP contribution in [0.2, 0.25) is 0 Å². The number of benzene rings is 2. The van der Waals surface area contributed by atoms with E-state index in [4.69, 9.17) is 14.1 Å². The number of amides is 1. The van der Waals surface area contributed by atoms with Crippen LogP contribution in [0, 0.1) is 11.3 Å². The molecule has 13 heteroatoms. The maximum atomic E-state index is 14.1. The van der Waals surface area contributed by atoms with Gasteiger partial charge in [-0.2, -0.15) is 10.2 Å². The zero-order valence-electron chi connectivity index (χ0n) is 23.7. The van der Waals surface area contributed by atoms with E-state index in [1.807, 2.05) is 18.7 Å². The third-order valence-corrected chi connectivity index (χ3v) is 7.69. The van der Waals surface area contributed by atoms with Crippen molar-refractivity contribution in [2.24, 2.45) is 0 Å². The second kappa shape index (κ2) is 10.7. The van der Waals surface area contributed by atoms with Gasteiger partial charge in [-0.3, -0.25) is 14.7 Å². The zero-order chi connectivity index (χ0) is 30.5. The molecule has 1 aliphatic heterocycles. The summed E-state index contributed by atoms with van der Waals surface area (Å²) in [4.78, 5) is 40.6. The van der Waals surface area contributed by atoms with Crippen molar-refractivity contribution in [1.29, 1.82) is 5.26 Å². The minimum atomic E-state index is -2.74. The van der Waals surface area contributed by atoms with Crippen molar-refractivity contribution < 1.29 is 22.7 Å². The van der Waals surface area contributed by atoms with Gasteiger partial charge < -0.3 is 19.4 Å². The molecular formula is C30H29F2N7O4. The SMILES string of the molecule is CC(C)Oc1ccc(N2C(=O)[C@@H](C)N(C3CCC(F)(F)CC3)c3nc(Nc4ccc5[nH]c(=O)oc5c4)ncc32)cc1C#N. The number of alkyl halides is 2. The number of nitrogens with zero attached hydrogens (tertiary/aromatic N) is 5. The number of ether oxygens (including phenoxy) is 1. The van der Waals surface area contributed by atoms with Gasteiger partial charge in [-0.05, 0) is 63.9 Å². The lowest BCUT2D eigenvalue weighted by Gasteiger charge is -2.46. The average molecular weight is 590 g/mol. The highest BCUT2D eigenvalue weighted by Gasteiger charge is 2.45. The van der Waals surface area contributed by atoms with Gasteiger partial charge in [0, 0.05) is 30.6 Å². The molecule has 1 aliphatic carbocycles. The number of rotatable bonds is 6.